The Balaban J connectivity index is 2.22. The van der Waals surface area contributed by atoms with Crippen molar-refractivity contribution in [3.63, 3.8) is 0 Å². The highest BCUT2D eigenvalue weighted by atomic mass is 15.4. The van der Waals surface area contributed by atoms with Gasteiger partial charge in [-0.2, -0.15) is 0 Å². The van der Waals surface area contributed by atoms with Gasteiger partial charge < -0.3 is 10.7 Å². The molecule has 0 aromatic heterocycles. The lowest BCUT2D eigenvalue weighted by molar-refractivity contribution is 0.694. The molecule has 2 aliphatic heterocycles. The molecule has 0 atom stereocenters. The van der Waals surface area contributed by atoms with E-state index in [1.807, 2.05) is 6.20 Å². The highest BCUT2D eigenvalue weighted by Crippen LogP contribution is 2.11. The average molecular weight is 137 g/mol. The molecule has 0 saturated carbocycles. The lowest BCUT2D eigenvalue weighted by atomic mass is 10.1. The Kier molecular flexibility index (Phi) is 1.36. The van der Waals surface area contributed by atoms with Crippen molar-refractivity contribution in [2.24, 2.45) is 0 Å². The summed E-state index contributed by atoms with van der Waals surface area (Å²) < 4.78 is 0. The first kappa shape index (κ1) is 5.80. The molecule has 3 nitrogen and oxygen atoms in total. The van der Waals surface area contributed by atoms with E-state index in [-0.39, 0.29) is 0 Å². The Hall–Kier alpha value is -0.960. The van der Waals surface area contributed by atoms with Gasteiger partial charge in [-0.05, 0) is 24.3 Å². The van der Waals surface area contributed by atoms with E-state index in [9.17, 15) is 0 Å². The maximum absolute atomic E-state index is 3.19. The minimum absolute atomic E-state index is 0.987. The van der Waals surface area contributed by atoms with Crippen LogP contribution in [-0.2, 0) is 0 Å². The molecule has 0 aliphatic carbocycles. The molecule has 3 N–H and O–H groups in total. The molecule has 0 radical (unpaired) electrons. The second kappa shape index (κ2) is 2.34. The number of nitrogens with one attached hydrogen (secondary N) is 3. The first-order valence-electron chi connectivity index (χ1n) is 3.57. The third kappa shape index (κ3) is 0.885. The highest BCUT2D eigenvalue weighted by Gasteiger charge is 2.11. The van der Waals surface area contributed by atoms with Crippen LogP contribution in [0.5, 0.6) is 0 Å². The number of rotatable bonds is 0. The summed E-state index contributed by atoms with van der Waals surface area (Å²) in [6.45, 7) is 2.04. The van der Waals surface area contributed by atoms with Crippen molar-refractivity contribution in [3.05, 3.63) is 23.5 Å². The van der Waals surface area contributed by atoms with Crippen LogP contribution in [0.3, 0.4) is 0 Å². The molecule has 3 heteroatoms. The number of hydrogen-bond donors (Lipinski definition) is 3. The van der Waals surface area contributed by atoms with Gasteiger partial charge in [-0.3, -0.25) is 0 Å². The SMILES string of the molecule is C1=CC2=C(CCN1)CNN2. The minimum atomic E-state index is 0.987. The van der Waals surface area contributed by atoms with Crippen LogP contribution in [0.25, 0.3) is 0 Å². The maximum Gasteiger partial charge on any atom is 0.0508 e. The van der Waals surface area contributed by atoms with Crippen molar-refractivity contribution in [1.29, 1.82) is 0 Å². The normalized spacial score (nSPS) is 23.2. The van der Waals surface area contributed by atoms with E-state index in [1.165, 1.54) is 11.3 Å². The van der Waals surface area contributed by atoms with E-state index < -0.39 is 0 Å². The topological polar surface area (TPSA) is 36.1 Å². The summed E-state index contributed by atoms with van der Waals surface area (Å²) in [5.74, 6) is 0. The fourth-order valence-corrected chi connectivity index (χ4v) is 1.26. The van der Waals surface area contributed by atoms with E-state index in [4.69, 9.17) is 0 Å². The average Bonchev–Trinajstić information content (AvgIpc) is 2.28. The first-order valence-corrected chi connectivity index (χ1v) is 3.57. The molecule has 0 fully saturated rings. The third-order valence-electron chi connectivity index (χ3n) is 1.84. The fraction of sp³-hybridized carbons (Fsp3) is 0.429. The van der Waals surface area contributed by atoms with Gasteiger partial charge in [-0.25, -0.2) is 5.43 Å². The van der Waals surface area contributed by atoms with Gasteiger partial charge in [0, 0.05) is 13.1 Å². The summed E-state index contributed by atoms with van der Waals surface area (Å²) in [6, 6.07) is 0. The second-order valence-corrected chi connectivity index (χ2v) is 2.53. The lowest BCUT2D eigenvalue weighted by Crippen LogP contribution is -2.23. The van der Waals surface area contributed by atoms with Crippen LogP contribution in [0.1, 0.15) is 6.42 Å². The summed E-state index contributed by atoms with van der Waals surface area (Å²) in [4.78, 5) is 0. The van der Waals surface area contributed by atoms with E-state index >= 15 is 0 Å². The van der Waals surface area contributed by atoms with Gasteiger partial charge in [0.15, 0.2) is 0 Å². The van der Waals surface area contributed by atoms with Crippen LogP contribution >= 0.6 is 0 Å². The molecule has 0 bridgehead atoms. The standard InChI is InChI=1S/C7H11N3/c1-3-8-4-2-7-6(1)5-9-10-7/h2,4,8-10H,1,3,5H2. The zero-order chi connectivity index (χ0) is 6.81. The summed E-state index contributed by atoms with van der Waals surface area (Å²) >= 11 is 0. The molecule has 0 spiro atoms. The lowest BCUT2D eigenvalue weighted by Gasteiger charge is -1.97. The van der Waals surface area contributed by atoms with E-state index in [0.717, 1.165) is 19.5 Å². The van der Waals surface area contributed by atoms with Gasteiger partial charge in [0.2, 0.25) is 0 Å². The number of hydrogen-bond acceptors (Lipinski definition) is 3. The van der Waals surface area contributed by atoms with Crippen molar-refractivity contribution in [3.8, 4) is 0 Å². The molecule has 2 heterocycles. The molecule has 10 heavy (non-hydrogen) atoms. The van der Waals surface area contributed by atoms with E-state index in [0.29, 0.717) is 0 Å². The van der Waals surface area contributed by atoms with Crippen LogP contribution in [0.4, 0.5) is 0 Å². The van der Waals surface area contributed by atoms with Gasteiger partial charge in [0.1, 0.15) is 0 Å². The van der Waals surface area contributed by atoms with E-state index in [1.54, 1.807) is 0 Å². The first-order chi connectivity index (χ1) is 4.97. The number of allylic oxidation sites excluding steroid dienone is 1. The Morgan fingerprint density at radius 3 is 3.40 bits per heavy atom. The summed E-state index contributed by atoms with van der Waals surface area (Å²) in [7, 11) is 0. The Bertz CT molecular complexity index is 193. The van der Waals surface area contributed by atoms with Crippen LogP contribution in [0.2, 0.25) is 0 Å². The Morgan fingerprint density at radius 2 is 2.40 bits per heavy atom. The van der Waals surface area contributed by atoms with Crippen molar-refractivity contribution in [2.45, 2.75) is 6.42 Å². The molecular formula is C7H11N3. The number of hydrazine groups is 1. The summed E-state index contributed by atoms with van der Waals surface area (Å²) in [6.07, 6.45) is 5.20. The van der Waals surface area contributed by atoms with Crippen molar-refractivity contribution in [2.75, 3.05) is 13.1 Å². The largest absolute Gasteiger partial charge is 0.391 e. The molecule has 2 rings (SSSR count). The quantitative estimate of drug-likeness (QED) is 0.435. The third-order valence-corrected chi connectivity index (χ3v) is 1.84. The Labute approximate surface area is 60.2 Å². The van der Waals surface area contributed by atoms with Crippen LogP contribution in [-0.4, -0.2) is 13.1 Å². The van der Waals surface area contributed by atoms with Gasteiger partial charge in [0.25, 0.3) is 0 Å². The summed E-state index contributed by atoms with van der Waals surface area (Å²) in [5.41, 5.74) is 8.90. The molecule has 0 aromatic carbocycles. The van der Waals surface area contributed by atoms with Gasteiger partial charge >= 0.3 is 0 Å². The predicted octanol–water partition coefficient (Wildman–Crippen LogP) is -0.145. The minimum Gasteiger partial charge on any atom is -0.391 e. The fourth-order valence-electron chi connectivity index (χ4n) is 1.26. The van der Waals surface area contributed by atoms with Gasteiger partial charge in [-0.15, -0.1) is 0 Å². The zero-order valence-electron chi connectivity index (χ0n) is 5.78. The second-order valence-electron chi connectivity index (χ2n) is 2.53. The predicted molar refractivity (Wildman–Crippen MR) is 39.9 cm³/mol. The summed E-state index contributed by atoms with van der Waals surface area (Å²) in [5, 5.41) is 3.19. The highest BCUT2D eigenvalue weighted by molar-refractivity contribution is 5.29. The molecule has 0 amide bonds. The zero-order valence-corrected chi connectivity index (χ0v) is 5.78. The molecule has 0 unspecified atom stereocenters. The Morgan fingerprint density at radius 1 is 1.40 bits per heavy atom. The van der Waals surface area contributed by atoms with Gasteiger partial charge in [0.05, 0.1) is 5.70 Å². The van der Waals surface area contributed by atoms with Crippen molar-refractivity contribution < 1.29 is 0 Å². The molecule has 2 aliphatic rings. The monoisotopic (exact) mass is 137 g/mol. The van der Waals surface area contributed by atoms with Gasteiger partial charge in [-0.1, -0.05) is 0 Å². The van der Waals surface area contributed by atoms with Crippen LogP contribution < -0.4 is 16.2 Å². The van der Waals surface area contributed by atoms with Crippen molar-refractivity contribution >= 4 is 0 Å². The maximum atomic E-state index is 3.19. The van der Waals surface area contributed by atoms with Crippen LogP contribution in [0.15, 0.2) is 23.5 Å². The molecule has 0 saturated heterocycles. The van der Waals surface area contributed by atoms with Crippen LogP contribution in [0, 0.1) is 0 Å². The molecule has 0 aromatic rings. The van der Waals surface area contributed by atoms with E-state index in [2.05, 4.69) is 22.2 Å². The smallest absolute Gasteiger partial charge is 0.0508 e. The molecular weight excluding hydrogens is 126 g/mol. The van der Waals surface area contributed by atoms with Crippen molar-refractivity contribution in [1.82, 2.24) is 16.2 Å². The molecule has 54 valence electrons.